The lowest BCUT2D eigenvalue weighted by molar-refractivity contribution is 0.111. The highest BCUT2D eigenvalue weighted by Gasteiger charge is 2.20. The first-order valence-electron chi connectivity index (χ1n) is 9.76. The Hall–Kier alpha value is -2.44. The van der Waals surface area contributed by atoms with Crippen LogP contribution in [0.25, 0.3) is 0 Å². The maximum atomic E-state index is 11.3. The molecule has 0 amide bonds. The number of nitrogens with one attached hydrogen (secondary N) is 2. The largest absolute Gasteiger partial charge is 0.507 e. The van der Waals surface area contributed by atoms with E-state index >= 15 is 0 Å². The molecule has 1 aliphatic rings. The predicted molar refractivity (Wildman–Crippen MR) is 114 cm³/mol. The minimum Gasteiger partial charge on any atom is -0.507 e. The topological polar surface area (TPSA) is 83.0 Å². The lowest BCUT2D eigenvalue weighted by Crippen LogP contribution is -2.55. The van der Waals surface area contributed by atoms with Crippen molar-refractivity contribution in [2.24, 2.45) is 4.99 Å². The molecule has 0 spiro atoms. The number of carbonyl (C=O) groups is 1. The van der Waals surface area contributed by atoms with Gasteiger partial charge in [0, 0.05) is 11.3 Å². The Kier molecular flexibility index (Phi) is 8.42. The van der Waals surface area contributed by atoms with Gasteiger partial charge < -0.3 is 15.2 Å². The van der Waals surface area contributed by atoms with E-state index in [-0.39, 0.29) is 23.6 Å². The van der Waals surface area contributed by atoms with Gasteiger partial charge in [0.25, 0.3) is 0 Å². The summed E-state index contributed by atoms with van der Waals surface area (Å²) in [6, 6.07) is 4.82. The molecule has 0 aliphatic heterocycles. The highest BCUT2D eigenvalue weighted by atomic mass is 16.5. The van der Waals surface area contributed by atoms with Crippen molar-refractivity contribution in [2.45, 2.75) is 38.8 Å². The zero-order valence-corrected chi connectivity index (χ0v) is 17.0. The van der Waals surface area contributed by atoms with Crippen LogP contribution in [0.4, 0.5) is 0 Å². The van der Waals surface area contributed by atoms with Crippen molar-refractivity contribution >= 4 is 12.0 Å². The molecule has 1 atom stereocenters. The maximum Gasteiger partial charge on any atom is 0.157 e. The van der Waals surface area contributed by atoms with Gasteiger partial charge in [0.05, 0.1) is 17.8 Å². The third-order valence-electron chi connectivity index (χ3n) is 4.84. The number of allylic oxidation sites excluding steroid dienone is 3. The third kappa shape index (κ3) is 6.04. The Balaban J connectivity index is 2.21. The molecule has 0 radical (unpaired) electrons. The quantitative estimate of drug-likeness (QED) is 0.449. The average molecular weight is 386 g/mol. The Labute approximate surface area is 167 Å². The van der Waals surface area contributed by atoms with Gasteiger partial charge in [-0.2, -0.15) is 0 Å². The van der Waals surface area contributed by atoms with Gasteiger partial charge in [-0.1, -0.05) is 31.2 Å². The van der Waals surface area contributed by atoms with E-state index in [4.69, 9.17) is 9.73 Å². The van der Waals surface area contributed by atoms with Gasteiger partial charge in [-0.3, -0.25) is 15.1 Å². The number of ether oxygens (including phenoxy) is 1. The standard InChI is InChI=1S/C22H31N3O3/c1-4-25-22(2,23-3)16-24-19-11-8-6-5-7-10-17(19)15-28-21-13-9-12-20(27)18(21)14-26/h5,7,9-10,12-14,23,25,27H,4,6,8,11,15-16H2,1-3H3/b7-5?,17-10-,24-19?. The summed E-state index contributed by atoms with van der Waals surface area (Å²) in [7, 11) is 1.92. The van der Waals surface area contributed by atoms with Crippen molar-refractivity contribution in [3.05, 3.63) is 47.6 Å². The summed E-state index contributed by atoms with van der Waals surface area (Å²) in [6.07, 6.45) is 9.70. The van der Waals surface area contributed by atoms with Gasteiger partial charge in [-0.25, -0.2) is 0 Å². The molecule has 3 N–H and O–H groups in total. The van der Waals surface area contributed by atoms with E-state index < -0.39 is 0 Å². The van der Waals surface area contributed by atoms with Crippen LogP contribution in [0.5, 0.6) is 11.5 Å². The van der Waals surface area contributed by atoms with Gasteiger partial charge in [0.15, 0.2) is 6.29 Å². The van der Waals surface area contributed by atoms with E-state index in [2.05, 4.69) is 30.6 Å². The lowest BCUT2D eigenvalue weighted by Gasteiger charge is -2.29. The van der Waals surface area contributed by atoms with E-state index in [1.54, 1.807) is 12.1 Å². The molecule has 2 rings (SSSR count). The van der Waals surface area contributed by atoms with Crippen LogP contribution < -0.4 is 15.4 Å². The van der Waals surface area contributed by atoms with Crippen LogP contribution in [0, 0.1) is 0 Å². The molecule has 0 saturated heterocycles. The van der Waals surface area contributed by atoms with Crippen molar-refractivity contribution < 1.29 is 14.6 Å². The number of likely N-dealkylation sites (N-methyl/N-ethyl adjacent to an activating group) is 2. The summed E-state index contributed by atoms with van der Waals surface area (Å²) in [5.41, 5.74) is 1.88. The summed E-state index contributed by atoms with van der Waals surface area (Å²) < 4.78 is 5.88. The Bertz CT molecular complexity index is 755. The summed E-state index contributed by atoms with van der Waals surface area (Å²) in [4.78, 5) is 16.2. The van der Waals surface area contributed by atoms with Crippen LogP contribution in [0.3, 0.4) is 0 Å². The molecule has 0 fully saturated rings. The lowest BCUT2D eigenvalue weighted by atomic mass is 10.0. The number of aldehydes is 1. The van der Waals surface area contributed by atoms with Crippen molar-refractivity contribution in [1.29, 1.82) is 0 Å². The number of carbonyl (C=O) groups excluding carboxylic acids is 1. The number of benzene rings is 1. The molecule has 1 aromatic rings. The molecule has 1 aliphatic carbocycles. The second-order valence-electron chi connectivity index (χ2n) is 6.98. The molecule has 6 heteroatoms. The summed E-state index contributed by atoms with van der Waals surface area (Å²) >= 11 is 0. The van der Waals surface area contributed by atoms with Crippen LogP contribution in [0.1, 0.15) is 43.5 Å². The number of phenols is 1. The molecule has 0 saturated carbocycles. The fraction of sp³-hybridized carbons (Fsp3) is 0.455. The van der Waals surface area contributed by atoms with Crippen LogP contribution in [0.15, 0.2) is 47.0 Å². The second-order valence-corrected chi connectivity index (χ2v) is 6.98. The van der Waals surface area contributed by atoms with Crippen molar-refractivity contribution in [2.75, 3.05) is 26.7 Å². The fourth-order valence-corrected chi connectivity index (χ4v) is 3.04. The van der Waals surface area contributed by atoms with E-state index in [9.17, 15) is 9.90 Å². The van der Waals surface area contributed by atoms with Crippen LogP contribution >= 0.6 is 0 Å². The Morgan fingerprint density at radius 3 is 2.93 bits per heavy atom. The van der Waals surface area contributed by atoms with Crippen molar-refractivity contribution in [3.63, 3.8) is 0 Å². The van der Waals surface area contributed by atoms with Crippen molar-refractivity contribution in [1.82, 2.24) is 10.6 Å². The molecule has 0 aromatic heterocycles. The van der Waals surface area contributed by atoms with Crippen molar-refractivity contribution in [3.8, 4) is 11.5 Å². The Morgan fingerprint density at radius 2 is 2.21 bits per heavy atom. The Morgan fingerprint density at radius 1 is 1.39 bits per heavy atom. The van der Waals surface area contributed by atoms with Gasteiger partial charge in [0.1, 0.15) is 18.1 Å². The van der Waals surface area contributed by atoms with E-state index in [1.165, 1.54) is 6.07 Å². The van der Waals surface area contributed by atoms with E-state index in [1.807, 2.05) is 19.2 Å². The van der Waals surface area contributed by atoms with Crippen LogP contribution in [0.2, 0.25) is 0 Å². The fourth-order valence-electron chi connectivity index (χ4n) is 3.04. The molecule has 6 nitrogen and oxygen atoms in total. The number of aliphatic imine (C=N–C) groups is 1. The zero-order chi connectivity index (χ0) is 20.4. The van der Waals surface area contributed by atoms with Gasteiger partial charge in [-0.15, -0.1) is 0 Å². The summed E-state index contributed by atoms with van der Waals surface area (Å²) in [5.74, 6) is 0.289. The zero-order valence-electron chi connectivity index (χ0n) is 17.0. The molecular weight excluding hydrogens is 354 g/mol. The molecule has 1 aromatic carbocycles. The first-order valence-corrected chi connectivity index (χ1v) is 9.76. The SMILES string of the molecule is CCNC(C)(CN=C1CCCC=C/C=C\1COc1cccc(O)c1C=O)NC. The van der Waals surface area contributed by atoms with E-state index in [0.717, 1.165) is 37.1 Å². The highest BCUT2D eigenvalue weighted by Crippen LogP contribution is 2.26. The maximum absolute atomic E-state index is 11.3. The smallest absolute Gasteiger partial charge is 0.157 e. The molecule has 152 valence electrons. The van der Waals surface area contributed by atoms with Gasteiger partial charge >= 0.3 is 0 Å². The number of phenolic OH excluding ortho intramolecular Hbond substituents is 1. The number of rotatable bonds is 9. The molecule has 0 heterocycles. The normalized spacial score (nSPS) is 20.0. The number of hydrogen-bond donors (Lipinski definition) is 3. The molecule has 1 unspecified atom stereocenters. The second kappa shape index (κ2) is 10.8. The average Bonchev–Trinajstić information content (AvgIpc) is 2.67. The minimum absolute atomic E-state index is 0.0802. The van der Waals surface area contributed by atoms with Gasteiger partial charge in [-0.05, 0) is 51.9 Å². The first-order chi connectivity index (χ1) is 13.5. The minimum atomic E-state index is -0.276. The number of nitrogens with zero attached hydrogens (tertiary/aromatic N) is 1. The molecule has 28 heavy (non-hydrogen) atoms. The number of hydrogen-bond acceptors (Lipinski definition) is 6. The molecule has 0 bridgehead atoms. The summed E-state index contributed by atoms with van der Waals surface area (Å²) in [5, 5.41) is 16.6. The predicted octanol–water partition coefficient (Wildman–Crippen LogP) is 3.24. The number of aromatic hydroxyl groups is 1. The third-order valence-corrected chi connectivity index (χ3v) is 4.84. The van der Waals surface area contributed by atoms with E-state index in [0.29, 0.717) is 18.6 Å². The molecular formula is C22H31N3O3. The monoisotopic (exact) mass is 385 g/mol. The van der Waals surface area contributed by atoms with Gasteiger partial charge in [0.2, 0.25) is 0 Å². The van der Waals surface area contributed by atoms with Crippen LogP contribution in [-0.2, 0) is 0 Å². The highest BCUT2D eigenvalue weighted by molar-refractivity contribution is 6.00. The first kappa shape index (κ1) is 21.9. The van der Waals surface area contributed by atoms with Crippen LogP contribution in [-0.4, -0.2) is 49.5 Å². The summed E-state index contributed by atoms with van der Waals surface area (Å²) in [6.45, 7) is 5.89.